The Hall–Kier alpha value is -2.63. The average Bonchev–Trinajstić information content (AvgIpc) is 2.77. The molecular formula is C23H31N3O5. The standard InChI is InChI=1S/C23H31N3O5/c1-15-13-25(2)23(28)18-7-5-6-16(12-24)21(18)30-11-10-17-8-9-19(29-4)20(31-17)14-26(3)22(15)27/h5-7,15,17,19-20H,8-11,13-14H2,1-4H3/t15-,17+,19-,20+/m0/s1. The van der Waals surface area contributed by atoms with Crippen LogP contribution in [0.5, 0.6) is 5.75 Å². The van der Waals surface area contributed by atoms with E-state index in [1.165, 1.54) is 4.90 Å². The number of benzene rings is 1. The zero-order valence-electron chi connectivity index (χ0n) is 18.7. The first-order valence-corrected chi connectivity index (χ1v) is 10.7. The summed E-state index contributed by atoms with van der Waals surface area (Å²) in [4.78, 5) is 29.2. The van der Waals surface area contributed by atoms with Gasteiger partial charge in [-0.3, -0.25) is 9.59 Å². The summed E-state index contributed by atoms with van der Waals surface area (Å²) in [5.74, 6) is -0.445. The van der Waals surface area contributed by atoms with Gasteiger partial charge in [-0.1, -0.05) is 13.0 Å². The largest absolute Gasteiger partial charge is 0.491 e. The highest BCUT2D eigenvalue weighted by Crippen LogP contribution is 2.28. The van der Waals surface area contributed by atoms with E-state index in [1.54, 1.807) is 44.3 Å². The summed E-state index contributed by atoms with van der Waals surface area (Å²) in [7, 11) is 5.08. The number of carbonyl (C=O) groups excluding carboxylic acids is 2. The molecule has 1 saturated heterocycles. The predicted molar refractivity (Wildman–Crippen MR) is 114 cm³/mol. The summed E-state index contributed by atoms with van der Waals surface area (Å²) in [5.41, 5.74) is 0.639. The maximum Gasteiger partial charge on any atom is 0.257 e. The van der Waals surface area contributed by atoms with Crippen molar-refractivity contribution in [2.24, 2.45) is 5.92 Å². The van der Waals surface area contributed by atoms with Crippen LogP contribution >= 0.6 is 0 Å². The summed E-state index contributed by atoms with van der Waals surface area (Å²) < 4.78 is 17.8. The Kier molecular flexibility index (Phi) is 7.52. The maximum absolute atomic E-state index is 13.1. The van der Waals surface area contributed by atoms with Crippen molar-refractivity contribution in [2.75, 3.05) is 40.9 Å². The molecule has 2 aliphatic heterocycles. The number of methoxy groups -OCH3 is 1. The van der Waals surface area contributed by atoms with Gasteiger partial charge < -0.3 is 24.0 Å². The van der Waals surface area contributed by atoms with E-state index in [-0.39, 0.29) is 42.4 Å². The first-order valence-electron chi connectivity index (χ1n) is 10.7. The van der Waals surface area contributed by atoms with Crippen LogP contribution < -0.4 is 4.74 Å². The van der Waals surface area contributed by atoms with Crippen LogP contribution in [0.4, 0.5) is 0 Å². The van der Waals surface area contributed by atoms with Gasteiger partial charge in [-0.05, 0) is 25.0 Å². The first-order chi connectivity index (χ1) is 14.8. The number of nitriles is 1. The molecule has 31 heavy (non-hydrogen) atoms. The van der Waals surface area contributed by atoms with E-state index in [2.05, 4.69) is 6.07 Å². The molecule has 0 unspecified atom stereocenters. The zero-order chi connectivity index (χ0) is 22.5. The highest BCUT2D eigenvalue weighted by Gasteiger charge is 2.34. The third-order valence-electron chi connectivity index (χ3n) is 6.06. The summed E-state index contributed by atoms with van der Waals surface area (Å²) in [6.07, 6.45) is 1.93. The Morgan fingerprint density at radius 3 is 2.61 bits per heavy atom. The lowest BCUT2D eigenvalue weighted by molar-refractivity contribution is -0.152. The number of fused-ring (bicyclic) bond motifs is 3. The van der Waals surface area contributed by atoms with E-state index in [1.807, 2.05) is 6.92 Å². The van der Waals surface area contributed by atoms with Crippen LogP contribution in [0.15, 0.2) is 18.2 Å². The van der Waals surface area contributed by atoms with Crippen LogP contribution in [0.2, 0.25) is 0 Å². The second-order valence-corrected chi connectivity index (χ2v) is 8.38. The second-order valence-electron chi connectivity index (χ2n) is 8.38. The quantitative estimate of drug-likeness (QED) is 0.679. The van der Waals surface area contributed by atoms with Crippen LogP contribution in [0.25, 0.3) is 0 Å². The van der Waals surface area contributed by atoms with Crippen molar-refractivity contribution < 1.29 is 23.8 Å². The lowest BCUT2D eigenvalue weighted by atomic mass is 9.98. The first kappa shape index (κ1) is 23.0. The number of carbonyl (C=O) groups is 2. The molecule has 1 aromatic rings. The van der Waals surface area contributed by atoms with Crippen LogP contribution in [-0.4, -0.2) is 80.8 Å². The number of rotatable bonds is 1. The fourth-order valence-corrected chi connectivity index (χ4v) is 4.34. The highest BCUT2D eigenvalue weighted by molar-refractivity contribution is 5.97. The van der Waals surface area contributed by atoms with E-state index >= 15 is 0 Å². The third-order valence-corrected chi connectivity index (χ3v) is 6.06. The van der Waals surface area contributed by atoms with Gasteiger partial charge in [-0.15, -0.1) is 0 Å². The summed E-state index contributed by atoms with van der Waals surface area (Å²) in [6.45, 7) is 2.81. The van der Waals surface area contributed by atoms with Crippen molar-refractivity contribution in [1.29, 1.82) is 5.26 Å². The molecule has 3 rings (SSSR count). The Morgan fingerprint density at radius 1 is 1.13 bits per heavy atom. The normalized spacial score (nSPS) is 28.1. The predicted octanol–water partition coefficient (Wildman–Crippen LogP) is 2.07. The topological polar surface area (TPSA) is 92.1 Å². The molecule has 8 nitrogen and oxygen atoms in total. The molecule has 0 aliphatic carbocycles. The molecule has 2 heterocycles. The number of para-hydroxylation sites is 1. The van der Waals surface area contributed by atoms with Crippen LogP contribution in [0, 0.1) is 17.2 Å². The third kappa shape index (κ3) is 5.17. The molecule has 0 spiro atoms. The van der Waals surface area contributed by atoms with Crippen molar-refractivity contribution in [3.05, 3.63) is 29.3 Å². The fraction of sp³-hybridized carbons (Fsp3) is 0.609. The molecule has 0 saturated carbocycles. The number of hydrogen-bond acceptors (Lipinski definition) is 6. The van der Waals surface area contributed by atoms with E-state index in [4.69, 9.17) is 14.2 Å². The van der Waals surface area contributed by atoms with Gasteiger partial charge in [-0.2, -0.15) is 5.26 Å². The molecule has 168 valence electrons. The van der Waals surface area contributed by atoms with Crippen molar-refractivity contribution in [2.45, 2.75) is 44.5 Å². The molecule has 2 amide bonds. The van der Waals surface area contributed by atoms with Crippen LogP contribution in [0.1, 0.15) is 42.1 Å². The molecule has 4 atom stereocenters. The Labute approximate surface area is 183 Å². The molecule has 2 bridgehead atoms. The van der Waals surface area contributed by atoms with E-state index in [9.17, 15) is 14.9 Å². The van der Waals surface area contributed by atoms with Gasteiger partial charge in [-0.25, -0.2) is 0 Å². The number of nitrogens with zero attached hydrogens (tertiary/aromatic N) is 3. The second kappa shape index (κ2) is 10.1. The van der Waals surface area contributed by atoms with Crippen LogP contribution in [0.3, 0.4) is 0 Å². The number of likely N-dealkylation sites (N-methyl/N-ethyl adjacent to an activating group) is 1. The summed E-state index contributed by atoms with van der Waals surface area (Å²) in [6, 6.07) is 7.07. The van der Waals surface area contributed by atoms with Gasteiger partial charge in [0.15, 0.2) is 0 Å². The maximum atomic E-state index is 13.1. The smallest absolute Gasteiger partial charge is 0.257 e. The van der Waals surface area contributed by atoms with Gasteiger partial charge in [0.25, 0.3) is 5.91 Å². The lowest BCUT2D eigenvalue weighted by Gasteiger charge is -2.38. The lowest BCUT2D eigenvalue weighted by Crippen LogP contribution is -2.49. The molecule has 0 N–H and O–H groups in total. The van der Waals surface area contributed by atoms with Crippen LogP contribution in [-0.2, 0) is 14.3 Å². The van der Waals surface area contributed by atoms with Crippen molar-refractivity contribution in [3.63, 3.8) is 0 Å². The highest BCUT2D eigenvalue weighted by atomic mass is 16.5. The van der Waals surface area contributed by atoms with E-state index in [0.717, 1.165) is 12.8 Å². The number of amides is 2. The van der Waals surface area contributed by atoms with Crippen molar-refractivity contribution in [1.82, 2.24) is 9.80 Å². The van der Waals surface area contributed by atoms with Gasteiger partial charge in [0, 0.05) is 40.7 Å². The average molecular weight is 430 g/mol. The monoisotopic (exact) mass is 429 g/mol. The molecular weight excluding hydrogens is 398 g/mol. The molecule has 1 aromatic carbocycles. The number of hydrogen-bond donors (Lipinski definition) is 0. The van der Waals surface area contributed by atoms with Gasteiger partial charge in [0.2, 0.25) is 5.91 Å². The Bertz CT molecular complexity index is 852. The molecule has 0 radical (unpaired) electrons. The summed E-state index contributed by atoms with van der Waals surface area (Å²) >= 11 is 0. The molecule has 0 aromatic heterocycles. The Morgan fingerprint density at radius 2 is 1.90 bits per heavy atom. The van der Waals surface area contributed by atoms with Gasteiger partial charge >= 0.3 is 0 Å². The zero-order valence-corrected chi connectivity index (χ0v) is 18.7. The molecule has 1 fully saturated rings. The minimum Gasteiger partial charge on any atom is -0.491 e. The molecule has 2 aliphatic rings. The SMILES string of the molecule is CO[C@H]1CC[C@@H]2CCOc3c(C#N)cccc3C(=O)N(C)C[C@H](C)C(=O)N(C)C[C@H]1O2. The van der Waals surface area contributed by atoms with Crippen molar-refractivity contribution >= 4 is 11.8 Å². The fourth-order valence-electron chi connectivity index (χ4n) is 4.34. The van der Waals surface area contributed by atoms with Gasteiger partial charge in [0.1, 0.15) is 17.9 Å². The Balaban J connectivity index is 1.92. The van der Waals surface area contributed by atoms with E-state index in [0.29, 0.717) is 30.7 Å². The minimum absolute atomic E-state index is 0.0430. The molecule has 8 heteroatoms. The van der Waals surface area contributed by atoms with Gasteiger partial charge in [0.05, 0.1) is 35.9 Å². The minimum atomic E-state index is -0.395. The van der Waals surface area contributed by atoms with E-state index < -0.39 is 5.92 Å². The summed E-state index contributed by atoms with van der Waals surface area (Å²) in [5, 5.41) is 9.51. The number of ether oxygens (including phenoxy) is 3. The van der Waals surface area contributed by atoms with Crippen molar-refractivity contribution in [3.8, 4) is 11.8 Å².